The molecule has 0 spiro atoms. The fourth-order valence-corrected chi connectivity index (χ4v) is 2.92. The summed E-state index contributed by atoms with van der Waals surface area (Å²) in [5.74, 6) is -0.199. The van der Waals surface area contributed by atoms with Crippen LogP contribution in [-0.2, 0) is 22.4 Å². The van der Waals surface area contributed by atoms with Crippen LogP contribution >= 0.6 is 0 Å². The average Bonchev–Trinajstić information content (AvgIpc) is 2.86. The van der Waals surface area contributed by atoms with Crippen molar-refractivity contribution in [3.8, 4) is 0 Å². The Labute approximate surface area is 123 Å². The molecule has 2 amide bonds. The molecule has 0 fully saturated rings. The lowest BCUT2D eigenvalue weighted by Crippen LogP contribution is -2.25. The number of rotatable bonds is 4. The van der Waals surface area contributed by atoms with Crippen molar-refractivity contribution in [2.75, 3.05) is 11.9 Å². The van der Waals surface area contributed by atoms with Gasteiger partial charge in [0.1, 0.15) is 0 Å². The molecule has 3 rings (SSSR count). The largest absolute Gasteiger partial charge is 0.356 e. The molecule has 0 radical (unpaired) electrons. The van der Waals surface area contributed by atoms with Gasteiger partial charge in [-0.05, 0) is 35.4 Å². The van der Waals surface area contributed by atoms with Crippen LogP contribution in [0.1, 0.15) is 24.5 Å². The molecular formula is C17H18N2O2. The van der Waals surface area contributed by atoms with Crippen LogP contribution in [0, 0.1) is 0 Å². The predicted molar refractivity (Wildman–Crippen MR) is 83.3 cm³/mol. The Hall–Kier alpha value is -2.36. The summed E-state index contributed by atoms with van der Waals surface area (Å²) in [7, 11) is 0. The van der Waals surface area contributed by atoms with E-state index in [2.05, 4.69) is 28.8 Å². The summed E-state index contributed by atoms with van der Waals surface area (Å²) in [6, 6.07) is 10.3. The minimum Gasteiger partial charge on any atom is -0.356 e. The fraction of sp³-hybridized carbons (Fsp3) is 0.294. The zero-order valence-electron chi connectivity index (χ0n) is 12.0. The van der Waals surface area contributed by atoms with E-state index < -0.39 is 0 Å². The third kappa shape index (κ3) is 2.75. The van der Waals surface area contributed by atoms with Crippen LogP contribution in [-0.4, -0.2) is 18.4 Å². The van der Waals surface area contributed by atoms with Crippen LogP contribution in [0.4, 0.5) is 5.69 Å². The first-order valence-corrected chi connectivity index (χ1v) is 7.23. The van der Waals surface area contributed by atoms with E-state index in [1.54, 1.807) is 0 Å². The topological polar surface area (TPSA) is 58.2 Å². The Morgan fingerprint density at radius 1 is 1.10 bits per heavy atom. The molecule has 2 aromatic rings. The van der Waals surface area contributed by atoms with E-state index in [9.17, 15) is 9.59 Å². The molecule has 0 atom stereocenters. The van der Waals surface area contributed by atoms with Gasteiger partial charge in [-0.3, -0.25) is 9.59 Å². The summed E-state index contributed by atoms with van der Waals surface area (Å²) in [6.45, 7) is 1.81. The SMILES string of the molecule is CC(=O)NCCC(=O)Nc1ccc2c3c(cccc13)CC2. The number of hydrogen-bond donors (Lipinski definition) is 2. The van der Waals surface area contributed by atoms with E-state index in [-0.39, 0.29) is 18.2 Å². The first-order valence-electron chi connectivity index (χ1n) is 7.23. The van der Waals surface area contributed by atoms with Gasteiger partial charge < -0.3 is 10.6 Å². The molecule has 0 saturated carbocycles. The predicted octanol–water partition coefficient (Wildman–Crippen LogP) is 2.40. The molecule has 2 N–H and O–H groups in total. The molecule has 4 heteroatoms. The molecule has 0 aliphatic heterocycles. The van der Waals surface area contributed by atoms with Crippen molar-refractivity contribution in [3.05, 3.63) is 41.5 Å². The highest BCUT2D eigenvalue weighted by Crippen LogP contribution is 2.34. The van der Waals surface area contributed by atoms with E-state index in [0.29, 0.717) is 6.54 Å². The van der Waals surface area contributed by atoms with Crippen molar-refractivity contribution >= 4 is 28.3 Å². The zero-order chi connectivity index (χ0) is 14.8. The second-order valence-electron chi connectivity index (χ2n) is 5.39. The van der Waals surface area contributed by atoms with Crippen molar-refractivity contribution in [2.24, 2.45) is 0 Å². The smallest absolute Gasteiger partial charge is 0.226 e. The molecule has 0 saturated heterocycles. The van der Waals surface area contributed by atoms with Crippen LogP contribution in [0.2, 0.25) is 0 Å². The molecule has 1 aliphatic rings. The van der Waals surface area contributed by atoms with Gasteiger partial charge in [-0.25, -0.2) is 0 Å². The van der Waals surface area contributed by atoms with Crippen molar-refractivity contribution in [3.63, 3.8) is 0 Å². The van der Waals surface area contributed by atoms with Crippen LogP contribution in [0.15, 0.2) is 30.3 Å². The number of carbonyl (C=O) groups is 2. The second-order valence-corrected chi connectivity index (χ2v) is 5.39. The number of anilines is 1. The molecule has 2 aromatic carbocycles. The average molecular weight is 282 g/mol. The molecular weight excluding hydrogens is 264 g/mol. The van der Waals surface area contributed by atoms with Crippen LogP contribution in [0.25, 0.3) is 10.8 Å². The molecule has 0 bridgehead atoms. The van der Waals surface area contributed by atoms with Crippen molar-refractivity contribution < 1.29 is 9.59 Å². The zero-order valence-corrected chi connectivity index (χ0v) is 12.0. The summed E-state index contributed by atoms with van der Waals surface area (Å²) in [4.78, 5) is 22.8. The Bertz CT molecular complexity index is 712. The number of aryl methyl sites for hydroxylation is 2. The maximum absolute atomic E-state index is 12.0. The van der Waals surface area contributed by atoms with Gasteiger partial charge >= 0.3 is 0 Å². The van der Waals surface area contributed by atoms with Gasteiger partial charge in [0.05, 0.1) is 0 Å². The Morgan fingerprint density at radius 2 is 1.86 bits per heavy atom. The summed E-state index contributed by atoms with van der Waals surface area (Å²) in [6.07, 6.45) is 2.43. The van der Waals surface area contributed by atoms with E-state index >= 15 is 0 Å². The van der Waals surface area contributed by atoms with Crippen LogP contribution in [0.3, 0.4) is 0 Å². The highest BCUT2D eigenvalue weighted by Gasteiger charge is 2.16. The second kappa shape index (κ2) is 5.56. The van der Waals surface area contributed by atoms with E-state index in [1.807, 2.05) is 12.1 Å². The van der Waals surface area contributed by atoms with E-state index in [1.165, 1.54) is 23.4 Å². The Morgan fingerprint density at radius 3 is 2.62 bits per heavy atom. The quantitative estimate of drug-likeness (QED) is 0.904. The van der Waals surface area contributed by atoms with Crippen molar-refractivity contribution in [1.29, 1.82) is 0 Å². The first-order chi connectivity index (χ1) is 10.1. The van der Waals surface area contributed by atoms with Gasteiger partial charge in [-0.2, -0.15) is 0 Å². The third-order valence-electron chi connectivity index (χ3n) is 3.88. The summed E-state index contributed by atoms with van der Waals surface area (Å²) in [5.41, 5.74) is 3.57. The normalized spacial score (nSPS) is 12.4. The van der Waals surface area contributed by atoms with Gasteiger partial charge in [-0.15, -0.1) is 0 Å². The van der Waals surface area contributed by atoms with Crippen LogP contribution in [0.5, 0.6) is 0 Å². The molecule has 0 heterocycles. The van der Waals surface area contributed by atoms with Gasteiger partial charge in [0.2, 0.25) is 11.8 Å². The maximum Gasteiger partial charge on any atom is 0.226 e. The molecule has 0 aromatic heterocycles. The minimum absolute atomic E-state index is 0.0811. The number of nitrogens with one attached hydrogen (secondary N) is 2. The van der Waals surface area contributed by atoms with E-state index in [0.717, 1.165) is 23.9 Å². The highest BCUT2D eigenvalue weighted by molar-refractivity contribution is 6.05. The van der Waals surface area contributed by atoms with Gasteiger partial charge in [-0.1, -0.05) is 24.3 Å². The van der Waals surface area contributed by atoms with Gasteiger partial charge in [0.25, 0.3) is 0 Å². The monoisotopic (exact) mass is 282 g/mol. The fourth-order valence-electron chi connectivity index (χ4n) is 2.92. The Balaban J connectivity index is 1.79. The number of amides is 2. The number of carbonyl (C=O) groups excluding carboxylic acids is 2. The molecule has 108 valence electrons. The van der Waals surface area contributed by atoms with Gasteiger partial charge in [0.15, 0.2) is 0 Å². The lowest BCUT2D eigenvalue weighted by molar-refractivity contribution is -0.119. The standard InChI is InChI=1S/C17H18N2O2/c1-11(20)18-10-9-16(21)19-15-8-7-13-6-5-12-3-2-4-14(15)17(12)13/h2-4,7-8H,5-6,9-10H2,1H3,(H,18,20)(H,19,21). The molecule has 4 nitrogen and oxygen atoms in total. The van der Waals surface area contributed by atoms with Crippen molar-refractivity contribution in [2.45, 2.75) is 26.2 Å². The molecule has 1 aliphatic carbocycles. The number of benzene rings is 2. The van der Waals surface area contributed by atoms with Crippen LogP contribution < -0.4 is 10.6 Å². The number of hydrogen-bond acceptors (Lipinski definition) is 2. The van der Waals surface area contributed by atoms with Gasteiger partial charge in [0, 0.05) is 31.0 Å². The van der Waals surface area contributed by atoms with E-state index in [4.69, 9.17) is 0 Å². The minimum atomic E-state index is -0.117. The lowest BCUT2D eigenvalue weighted by atomic mass is 10.0. The molecule has 21 heavy (non-hydrogen) atoms. The Kier molecular flexibility index (Phi) is 3.60. The third-order valence-corrected chi connectivity index (χ3v) is 3.88. The maximum atomic E-state index is 12.0. The summed E-state index contributed by atoms with van der Waals surface area (Å²) in [5, 5.41) is 7.97. The summed E-state index contributed by atoms with van der Waals surface area (Å²) < 4.78 is 0. The molecule has 0 unspecified atom stereocenters. The first kappa shape index (κ1) is 13.6. The highest BCUT2D eigenvalue weighted by atomic mass is 16.2. The summed E-state index contributed by atoms with van der Waals surface area (Å²) >= 11 is 0. The van der Waals surface area contributed by atoms with Crippen molar-refractivity contribution in [1.82, 2.24) is 5.32 Å². The lowest BCUT2D eigenvalue weighted by Gasteiger charge is -2.10.